The van der Waals surface area contributed by atoms with E-state index in [1.54, 1.807) is 0 Å². The Bertz CT molecular complexity index is 427. The second-order valence-electron chi connectivity index (χ2n) is 5.22. The highest BCUT2D eigenvalue weighted by Gasteiger charge is 2.39. The van der Waals surface area contributed by atoms with Gasteiger partial charge < -0.3 is 14.2 Å². The summed E-state index contributed by atoms with van der Waals surface area (Å²) < 4.78 is 16.5. The molecule has 4 nitrogen and oxygen atoms in total. The number of esters is 1. The van der Waals surface area contributed by atoms with Crippen LogP contribution in [0, 0.1) is 0 Å². The molecule has 0 saturated carbocycles. The minimum atomic E-state index is -0.601. The molecule has 4 heteroatoms. The first kappa shape index (κ1) is 14.0. The molecule has 2 unspecified atom stereocenters. The summed E-state index contributed by atoms with van der Waals surface area (Å²) in [7, 11) is 0. The summed E-state index contributed by atoms with van der Waals surface area (Å²) >= 11 is 0. The van der Waals surface area contributed by atoms with Gasteiger partial charge in [0.25, 0.3) is 0 Å². The maximum Gasteiger partial charge on any atom is 0.310 e. The molecular weight excluding hydrogens is 244 g/mol. The van der Waals surface area contributed by atoms with Crippen LogP contribution in [0.5, 0.6) is 0 Å². The van der Waals surface area contributed by atoms with E-state index in [9.17, 15) is 4.79 Å². The van der Waals surface area contributed by atoms with Crippen LogP contribution in [0.4, 0.5) is 0 Å². The lowest BCUT2D eigenvalue weighted by Gasteiger charge is -2.16. The first-order chi connectivity index (χ1) is 8.96. The maximum absolute atomic E-state index is 11.7. The zero-order chi connectivity index (χ0) is 13.9. The number of hydrogen-bond acceptors (Lipinski definition) is 4. The zero-order valence-corrected chi connectivity index (χ0v) is 11.6. The summed E-state index contributed by atoms with van der Waals surface area (Å²) in [4.78, 5) is 11.7. The van der Waals surface area contributed by atoms with E-state index in [4.69, 9.17) is 14.2 Å². The highest BCUT2D eigenvalue weighted by atomic mass is 16.8. The summed E-state index contributed by atoms with van der Waals surface area (Å²) in [5, 5.41) is 0. The van der Waals surface area contributed by atoms with E-state index in [0.29, 0.717) is 0 Å². The van der Waals surface area contributed by atoms with E-state index in [-0.39, 0.29) is 31.2 Å². The summed E-state index contributed by atoms with van der Waals surface area (Å²) in [6, 6.07) is 9.54. The van der Waals surface area contributed by atoms with E-state index in [1.807, 2.05) is 51.1 Å². The Morgan fingerprint density at radius 1 is 1.26 bits per heavy atom. The van der Waals surface area contributed by atoms with E-state index in [0.717, 1.165) is 5.56 Å². The van der Waals surface area contributed by atoms with Gasteiger partial charge in [-0.3, -0.25) is 4.79 Å². The average Bonchev–Trinajstić information content (AvgIpc) is 2.61. The topological polar surface area (TPSA) is 44.8 Å². The minimum absolute atomic E-state index is 0.0699. The third-order valence-electron chi connectivity index (χ3n) is 3.03. The molecule has 0 aliphatic carbocycles. The van der Waals surface area contributed by atoms with Crippen LogP contribution in [0.25, 0.3) is 0 Å². The molecule has 0 aromatic heterocycles. The van der Waals surface area contributed by atoms with Crippen molar-refractivity contribution in [3.8, 4) is 0 Å². The minimum Gasteiger partial charge on any atom is -0.463 e. The Balaban J connectivity index is 1.78. The molecule has 1 fully saturated rings. The van der Waals surface area contributed by atoms with Gasteiger partial charge in [-0.15, -0.1) is 0 Å². The lowest BCUT2D eigenvalue weighted by molar-refractivity contribution is -0.159. The third kappa shape index (κ3) is 4.04. The molecule has 1 saturated heterocycles. The first-order valence-corrected chi connectivity index (χ1v) is 6.51. The molecule has 0 bridgehead atoms. The molecule has 1 aliphatic heterocycles. The van der Waals surface area contributed by atoms with Gasteiger partial charge in [-0.05, 0) is 26.3 Å². The van der Waals surface area contributed by atoms with Crippen LogP contribution < -0.4 is 0 Å². The fraction of sp³-hybridized carbons (Fsp3) is 0.533. The Morgan fingerprint density at radius 2 is 1.95 bits per heavy atom. The van der Waals surface area contributed by atoms with Crippen molar-refractivity contribution in [2.45, 2.75) is 45.2 Å². The van der Waals surface area contributed by atoms with Crippen molar-refractivity contribution < 1.29 is 19.0 Å². The number of carbonyl (C=O) groups excluding carboxylic acids is 1. The van der Waals surface area contributed by atoms with Gasteiger partial charge in [0.1, 0.15) is 12.7 Å². The van der Waals surface area contributed by atoms with Gasteiger partial charge in [0.2, 0.25) is 0 Å². The van der Waals surface area contributed by atoms with Gasteiger partial charge in [-0.1, -0.05) is 30.3 Å². The monoisotopic (exact) mass is 264 g/mol. The Hall–Kier alpha value is -1.39. The number of carbonyl (C=O) groups is 1. The quantitative estimate of drug-likeness (QED) is 0.783. The molecule has 2 rings (SSSR count). The Morgan fingerprint density at radius 3 is 2.53 bits per heavy atom. The van der Waals surface area contributed by atoms with Crippen LogP contribution in [0.15, 0.2) is 30.3 Å². The lowest BCUT2D eigenvalue weighted by atomic mass is 10.1. The second kappa shape index (κ2) is 5.72. The Kier molecular flexibility index (Phi) is 4.22. The Labute approximate surface area is 113 Å². The summed E-state index contributed by atoms with van der Waals surface area (Å²) in [6.45, 7) is 5.87. The molecule has 1 aromatic carbocycles. The average molecular weight is 264 g/mol. The molecule has 1 aliphatic rings. The number of rotatable bonds is 4. The predicted octanol–water partition coefficient (Wildman–Crippen LogP) is 2.31. The van der Waals surface area contributed by atoms with E-state index in [2.05, 4.69) is 0 Å². The predicted molar refractivity (Wildman–Crippen MR) is 70.6 cm³/mol. The van der Waals surface area contributed by atoms with E-state index < -0.39 is 5.79 Å². The zero-order valence-electron chi connectivity index (χ0n) is 11.6. The van der Waals surface area contributed by atoms with Crippen molar-refractivity contribution in [1.29, 1.82) is 0 Å². The van der Waals surface area contributed by atoms with Crippen LogP contribution in [-0.4, -0.2) is 30.6 Å². The summed E-state index contributed by atoms with van der Waals surface area (Å²) in [5.74, 6) is -0.845. The largest absolute Gasteiger partial charge is 0.463 e. The van der Waals surface area contributed by atoms with Gasteiger partial charge in [-0.2, -0.15) is 0 Å². The molecule has 1 heterocycles. The maximum atomic E-state index is 11.7. The standard InChI is InChI=1S/C15H20O4/c1-11-13(19-15(2,3)18-11)10-17-14(16)9-12-7-5-4-6-8-12/h4-8,11,13H,9-10H2,1-3H3. The number of ether oxygens (including phenoxy) is 3. The van der Waals surface area contributed by atoms with Gasteiger partial charge in [0.05, 0.1) is 12.5 Å². The molecule has 0 amide bonds. The van der Waals surface area contributed by atoms with Gasteiger partial charge in [-0.25, -0.2) is 0 Å². The van der Waals surface area contributed by atoms with Crippen LogP contribution >= 0.6 is 0 Å². The fourth-order valence-electron chi connectivity index (χ4n) is 2.17. The SMILES string of the molecule is CC1OC(C)(C)OC1COC(=O)Cc1ccccc1. The highest BCUT2D eigenvalue weighted by Crippen LogP contribution is 2.27. The molecular formula is C15H20O4. The van der Waals surface area contributed by atoms with E-state index >= 15 is 0 Å². The fourth-order valence-corrected chi connectivity index (χ4v) is 2.17. The molecule has 104 valence electrons. The number of benzene rings is 1. The van der Waals surface area contributed by atoms with Crippen molar-refractivity contribution >= 4 is 5.97 Å². The second-order valence-corrected chi connectivity index (χ2v) is 5.22. The molecule has 0 radical (unpaired) electrons. The third-order valence-corrected chi connectivity index (χ3v) is 3.03. The highest BCUT2D eigenvalue weighted by molar-refractivity contribution is 5.72. The smallest absolute Gasteiger partial charge is 0.310 e. The molecule has 19 heavy (non-hydrogen) atoms. The van der Waals surface area contributed by atoms with Gasteiger partial charge in [0, 0.05) is 0 Å². The first-order valence-electron chi connectivity index (χ1n) is 6.51. The summed E-state index contributed by atoms with van der Waals surface area (Å²) in [6.07, 6.45) is 0.0147. The van der Waals surface area contributed by atoms with Crippen molar-refractivity contribution in [2.24, 2.45) is 0 Å². The van der Waals surface area contributed by atoms with Crippen LogP contribution in [0.2, 0.25) is 0 Å². The van der Waals surface area contributed by atoms with Crippen molar-refractivity contribution in [3.63, 3.8) is 0 Å². The van der Waals surface area contributed by atoms with Crippen LogP contribution in [-0.2, 0) is 25.4 Å². The summed E-state index contributed by atoms with van der Waals surface area (Å²) in [5.41, 5.74) is 0.949. The molecule has 0 N–H and O–H groups in total. The molecule has 2 atom stereocenters. The molecule has 0 spiro atoms. The van der Waals surface area contributed by atoms with Gasteiger partial charge in [0.15, 0.2) is 5.79 Å². The normalized spacial score (nSPS) is 25.2. The lowest BCUT2D eigenvalue weighted by Crippen LogP contribution is -2.27. The number of hydrogen-bond donors (Lipinski definition) is 0. The van der Waals surface area contributed by atoms with Crippen molar-refractivity contribution in [2.75, 3.05) is 6.61 Å². The van der Waals surface area contributed by atoms with Crippen LogP contribution in [0.1, 0.15) is 26.3 Å². The van der Waals surface area contributed by atoms with Crippen molar-refractivity contribution in [3.05, 3.63) is 35.9 Å². The van der Waals surface area contributed by atoms with Crippen molar-refractivity contribution in [1.82, 2.24) is 0 Å². The van der Waals surface area contributed by atoms with E-state index in [1.165, 1.54) is 0 Å². The van der Waals surface area contributed by atoms with Gasteiger partial charge >= 0.3 is 5.97 Å². The van der Waals surface area contributed by atoms with Crippen LogP contribution in [0.3, 0.4) is 0 Å². The molecule has 1 aromatic rings.